The van der Waals surface area contributed by atoms with Crippen LogP contribution in [0.4, 0.5) is 11.6 Å². The topological polar surface area (TPSA) is 59.1 Å². The first-order valence-corrected chi connectivity index (χ1v) is 9.22. The number of methoxy groups -OCH3 is 1. The van der Waals surface area contributed by atoms with E-state index in [9.17, 15) is 0 Å². The maximum Gasteiger partial charge on any atom is 0.132 e. The van der Waals surface area contributed by atoms with Gasteiger partial charge in [0.2, 0.25) is 0 Å². The fraction of sp³-hybridized carbons (Fsp3) is 0.500. The molecule has 1 fully saturated rings. The summed E-state index contributed by atoms with van der Waals surface area (Å²) in [5.74, 6) is 3.51. The Bertz CT molecular complexity index is 683. The second-order valence-corrected chi connectivity index (χ2v) is 6.69. The van der Waals surface area contributed by atoms with Crippen LogP contribution in [0.1, 0.15) is 43.5 Å². The molecule has 2 N–H and O–H groups in total. The summed E-state index contributed by atoms with van der Waals surface area (Å²) in [6, 6.07) is 10.7. The predicted octanol–water partition coefficient (Wildman–Crippen LogP) is 4.19. The molecule has 0 bridgehead atoms. The summed E-state index contributed by atoms with van der Waals surface area (Å²) < 4.78 is 5.27. The van der Waals surface area contributed by atoms with Crippen LogP contribution in [-0.2, 0) is 6.42 Å². The van der Waals surface area contributed by atoms with E-state index in [1.807, 2.05) is 25.1 Å². The van der Waals surface area contributed by atoms with Crippen LogP contribution in [0.2, 0.25) is 0 Å². The molecular weight excluding hydrogens is 312 g/mol. The van der Waals surface area contributed by atoms with E-state index in [0.717, 1.165) is 36.2 Å². The quantitative estimate of drug-likeness (QED) is 0.791. The average Bonchev–Trinajstić information content (AvgIpc) is 2.62. The minimum atomic E-state index is 0.549. The van der Waals surface area contributed by atoms with E-state index in [1.165, 1.54) is 37.7 Å². The molecule has 1 aromatic heterocycles. The predicted molar refractivity (Wildman–Crippen MR) is 102 cm³/mol. The summed E-state index contributed by atoms with van der Waals surface area (Å²) in [6.45, 7) is 2.77. The Hall–Kier alpha value is -2.30. The molecule has 1 aliphatic carbocycles. The molecule has 5 nitrogen and oxygen atoms in total. The van der Waals surface area contributed by atoms with Crippen molar-refractivity contribution in [3.8, 4) is 5.75 Å². The first kappa shape index (κ1) is 17.5. The summed E-state index contributed by atoms with van der Waals surface area (Å²) in [5, 5.41) is 6.99. The van der Waals surface area contributed by atoms with Crippen LogP contribution in [0, 0.1) is 6.92 Å². The largest absolute Gasteiger partial charge is 0.497 e. The molecule has 1 saturated carbocycles. The molecular formula is C20H28N4O. The lowest BCUT2D eigenvalue weighted by Crippen LogP contribution is -2.23. The standard InChI is InChI=1S/C20H28N4O/c1-15-22-19(14-20(23-15)24-17-8-4-3-5-9-17)21-12-11-16-7-6-10-18(13-16)25-2/h6-7,10,13-14,17H,3-5,8-9,11-12H2,1-2H3,(H2,21,22,23,24). The number of ether oxygens (including phenoxy) is 1. The number of rotatable bonds is 7. The van der Waals surface area contributed by atoms with Gasteiger partial charge < -0.3 is 15.4 Å². The first-order valence-electron chi connectivity index (χ1n) is 9.22. The number of hydrogen-bond donors (Lipinski definition) is 2. The van der Waals surface area contributed by atoms with Crippen LogP contribution in [0.5, 0.6) is 5.75 Å². The highest BCUT2D eigenvalue weighted by Gasteiger charge is 2.14. The number of hydrogen-bond acceptors (Lipinski definition) is 5. The van der Waals surface area contributed by atoms with Crippen molar-refractivity contribution < 1.29 is 4.74 Å². The molecule has 0 radical (unpaired) electrons. The van der Waals surface area contributed by atoms with Gasteiger partial charge in [0.15, 0.2) is 0 Å². The SMILES string of the molecule is COc1cccc(CCNc2cc(NC3CCCCC3)nc(C)n2)c1. The smallest absolute Gasteiger partial charge is 0.132 e. The Kier molecular flexibility index (Phi) is 6.09. The molecule has 0 aliphatic heterocycles. The third-order valence-corrected chi connectivity index (χ3v) is 4.65. The molecule has 1 heterocycles. The minimum Gasteiger partial charge on any atom is -0.497 e. The maximum atomic E-state index is 5.27. The van der Waals surface area contributed by atoms with Crippen molar-refractivity contribution in [3.05, 3.63) is 41.7 Å². The van der Waals surface area contributed by atoms with Gasteiger partial charge in [0.25, 0.3) is 0 Å². The number of aromatic nitrogens is 2. The zero-order valence-electron chi connectivity index (χ0n) is 15.2. The second kappa shape index (κ2) is 8.70. The number of anilines is 2. The van der Waals surface area contributed by atoms with Crippen LogP contribution < -0.4 is 15.4 Å². The summed E-state index contributed by atoms with van der Waals surface area (Å²) in [4.78, 5) is 9.04. The van der Waals surface area contributed by atoms with Gasteiger partial charge in [0.1, 0.15) is 23.2 Å². The van der Waals surface area contributed by atoms with E-state index in [1.54, 1.807) is 7.11 Å². The van der Waals surface area contributed by atoms with Gasteiger partial charge in [-0.3, -0.25) is 0 Å². The Morgan fingerprint density at radius 1 is 1.08 bits per heavy atom. The van der Waals surface area contributed by atoms with Gasteiger partial charge in [0.05, 0.1) is 7.11 Å². The van der Waals surface area contributed by atoms with Crippen molar-refractivity contribution in [2.24, 2.45) is 0 Å². The van der Waals surface area contributed by atoms with Gasteiger partial charge in [-0.2, -0.15) is 0 Å². The van der Waals surface area contributed by atoms with E-state index in [4.69, 9.17) is 4.74 Å². The van der Waals surface area contributed by atoms with Gasteiger partial charge in [0, 0.05) is 18.7 Å². The summed E-state index contributed by atoms with van der Waals surface area (Å²) in [6.07, 6.45) is 7.38. The number of aryl methyl sites for hydroxylation is 1. The van der Waals surface area contributed by atoms with Gasteiger partial charge in [-0.1, -0.05) is 31.4 Å². The number of nitrogens with one attached hydrogen (secondary N) is 2. The third kappa shape index (κ3) is 5.34. The van der Waals surface area contributed by atoms with Crippen molar-refractivity contribution in [2.45, 2.75) is 51.5 Å². The van der Waals surface area contributed by atoms with Crippen molar-refractivity contribution in [1.82, 2.24) is 9.97 Å². The van der Waals surface area contributed by atoms with E-state index < -0.39 is 0 Å². The van der Waals surface area contributed by atoms with Crippen molar-refractivity contribution in [1.29, 1.82) is 0 Å². The molecule has 1 aromatic carbocycles. The summed E-state index contributed by atoms with van der Waals surface area (Å²) in [7, 11) is 1.70. The highest BCUT2D eigenvalue weighted by atomic mass is 16.5. The molecule has 0 amide bonds. The Balaban J connectivity index is 1.56. The van der Waals surface area contributed by atoms with Crippen LogP contribution in [0.15, 0.2) is 30.3 Å². The lowest BCUT2D eigenvalue weighted by molar-refractivity contribution is 0.414. The van der Waals surface area contributed by atoms with Crippen molar-refractivity contribution >= 4 is 11.6 Å². The van der Waals surface area contributed by atoms with E-state index >= 15 is 0 Å². The van der Waals surface area contributed by atoms with Crippen LogP contribution >= 0.6 is 0 Å². The third-order valence-electron chi connectivity index (χ3n) is 4.65. The molecule has 3 rings (SSSR count). The zero-order chi connectivity index (χ0) is 17.5. The van der Waals surface area contributed by atoms with E-state index in [-0.39, 0.29) is 0 Å². The van der Waals surface area contributed by atoms with Gasteiger partial charge in [-0.15, -0.1) is 0 Å². The highest BCUT2D eigenvalue weighted by Crippen LogP contribution is 2.22. The van der Waals surface area contributed by atoms with Gasteiger partial charge >= 0.3 is 0 Å². The lowest BCUT2D eigenvalue weighted by atomic mass is 9.95. The zero-order valence-corrected chi connectivity index (χ0v) is 15.2. The van der Waals surface area contributed by atoms with Crippen LogP contribution in [0.25, 0.3) is 0 Å². The molecule has 5 heteroatoms. The van der Waals surface area contributed by atoms with Crippen LogP contribution in [0.3, 0.4) is 0 Å². The van der Waals surface area contributed by atoms with Crippen molar-refractivity contribution in [2.75, 3.05) is 24.3 Å². The van der Waals surface area contributed by atoms with E-state index in [0.29, 0.717) is 6.04 Å². The molecule has 0 atom stereocenters. The fourth-order valence-corrected chi connectivity index (χ4v) is 3.35. The Morgan fingerprint density at radius 3 is 2.68 bits per heavy atom. The lowest BCUT2D eigenvalue weighted by Gasteiger charge is -2.23. The highest BCUT2D eigenvalue weighted by molar-refractivity contribution is 5.48. The molecule has 0 unspecified atom stereocenters. The Labute approximate surface area is 150 Å². The van der Waals surface area contributed by atoms with E-state index in [2.05, 4.69) is 32.7 Å². The summed E-state index contributed by atoms with van der Waals surface area (Å²) >= 11 is 0. The molecule has 2 aromatic rings. The molecule has 0 spiro atoms. The summed E-state index contributed by atoms with van der Waals surface area (Å²) in [5.41, 5.74) is 1.25. The monoisotopic (exact) mass is 340 g/mol. The van der Waals surface area contributed by atoms with Crippen molar-refractivity contribution in [3.63, 3.8) is 0 Å². The Morgan fingerprint density at radius 2 is 1.88 bits per heavy atom. The van der Waals surface area contributed by atoms with Crippen LogP contribution in [-0.4, -0.2) is 29.7 Å². The van der Waals surface area contributed by atoms with Gasteiger partial charge in [-0.25, -0.2) is 9.97 Å². The molecule has 134 valence electrons. The number of benzene rings is 1. The van der Waals surface area contributed by atoms with Gasteiger partial charge in [-0.05, 0) is 43.9 Å². The number of nitrogens with zero attached hydrogens (tertiary/aromatic N) is 2. The minimum absolute atomic E-state index is 0.549. The average molecular weight is 340 g/mol. The second-order valence-electron chi connectivity index (χ2n) is 6.69. The molecule has 1 aliphatic rings. The first-order chi connectivity index (χ1) is 12.2. The molecule has 25 heavy (non-hydrogen) atoms. The molecule has 0 saturated heterocycles. The normalized spacial score (nSPS) is 15.0. The fourth-order valence-electron chi connectivity index (χ4n) is 3.35. The maximum absolute atomic E-state index is 5.27.